The second-order valence-corrected chi connectivity index (χ2v) is 9.04. The third kappa shape index (κ3) is 5.55. The highest BCUT2D eigenvalue weighted by atomic mass is 35.5. The van der Waals surface area contributed by atoms with E-state index in [0.29, 0.717) is 22.8 Å². The van der Waals surface area contributed by atoms with Crippen LogP contribution in [0.1, 0.15) is 44.0 Å². The van der Waals surface area contributed by atoms with Crippen LogP contribution in [-0.2, 0) is 20.4 Å². The van der Waals surface area contributed by atoms with Gasteiger partial charge in [-0.2, -0.15) is 9.42 Å². The maximum absolute atomic E-state index is 12.1. The molecule has 0 amide bonds. The molecule has 170 valence electrons. The molecule has 1 aromatic heterocycles. The summed E-state index contributed by atoms with van der Waals surface area (Å²) in [6.45, 7) is 3.98. The summed E-state index contributed by atoms with van der Waals surface area (Å²) < 4.78 is 23.2. The molecule has 33 heavy (non-hydrogen) atoms. The van der Waals surface area contributed by atoms with Crippen LogP contribution in [0.2, 0.25) is 5.02 Å². The van der Waals surface area contributed by atoms with Crippen LogP contribution in [0.5, 0.6) is 5.75 Å². The summed E-state index contributed by atoms with van der Waals surface area (Å²) in [7, 11) is 8.24. The van der Waals surface area contributed by atoms with E-state index in [1.807, 2.05) is 13.8 Å². The molecule has 3 heterocycles. The van der Waals surface area contributed by atoms with E-state index in [1.54, 1.807) is 18.2 Å². The Bertz CT molecular complexity index is 1180. The van der Waals surface area contributed by atoms with Crippen molar-refractivity contribution >= 4 is 35.5 Å². The summed E-state index contributed by atoms with van der Waals surface area (Å²) in [5, 5.41) is -1.53. The standard InChI is InChI=1S/C18H14B2ClN2O7P.C2H6/c1-2-10-8-23(17(25)22-16(10)24)15-6-5-14(28-15)18(19,20)30-31(26)27-9-11-7-12(21)3-4-13(11)29-31;1-2/h1,3-4,7-8,14-15,26H,5-6,9H2;1-2H3/p+1. The van der Waals surface area contributed by atoms with Gasteiger partial charge in [-0.1, -0.05) is 31.4 Å². The maximum Gasteiger partial charge on any atom is 0.618 e. The number of halogens is 1. The van der Waals surface area contributed by atoms with Crippen LogP contribution in [0, 0.1) is 12.3 Å². The lowest BCUT2D eigenvalue weighted by atomic mass is 9.61. The third-order valence-electron chi connectivity index (χ3n) is 4.83. The van der Waals surface area contributed by atoms with Crippen molar-refractivity contribution in [3.05, 3.63) is 61.4 Å². The normalized spacial score (nSPS) is 24.1. The molecule has 0 bridgehead atoms. The van der Waals surface area contributed by atoms with Crippen molar-refractivity contribution in [1.82, 2.24) is 9.55 Å². The average molecular weight is 489 g/mol. The number of benzene rings is 1. The van der Waals surface area contributed by atoms with E-state index < -0.39 is 37.2 Å². The van der Waals surface area contributed by atoms with Gasteiger partial charge in [-0.15, -0.1) is 10.9 Å². The molecule has 3 atom stereocenters. The molecule has 2 aromatic rings. The van der Waals surface area contributed by atoms with Gasteiger partial charge in [0.1, 0.15) is 34.1 Å². The molecule has 9 nitrogen and oxygen atoms in total. The van der Waals surface area contributed by atoms with E-state index in [-0.39, 0.29) is 18.6 Å². The summed E-state index contributed by atoms with van der Waals surface area (Å²) in [5.41, 5.74) is -0.776. The molecule has 2 aliphatic heterocycles. The third-order valence-corrected chi connectivity index (χ3v) is 6.49. The largest absolute Gasteiger partial charge is 0.618 e. The number of aromatic nitrogens is 2. The highest BCUT2D eigenvalue weighted by Gasteiger charge is 2.56. The molecule has 0 spiro atoms. The molecule has 1 saturated heterocycles. The predicted octanol–water partition coefficient (Wildman–Crippen LogP) is 2.16. The maximum atomic E-state index is 12.1. The second kappa shape index (κ2) is 10.1. The van der Waals surface area contributed by atoms with Crippen molar-refractivity contribution in [2.24, 2.45) is 0 Å². The first-order chi connectivity index (χ1) is 15.6. The summed E-state index contributed by atoms with van der Waals surface area (Å²) in [5.74, 6) is 2.52. The van der Waals surface area contributed by atoms with Gasteiger partial charge in [-0.05, 0) is 31.0 Å². The van der Waals surface area contributed by atoms with Gasteiger partial charge in [0.2, 0.25) is 0 Å². The van der Waals surface area contributed by atoms with Gasteiger partial charge in [0.05, 0.1) is 11.5 Å². The molecule has 0 saturated carbocycles. The Balaban J connectivity index is 0.00000149. The molecular formula is C20H21B2ClN2O7P+. The zero-order chi connectivity index (χ0) is 24.4. The van der Waals surface area contributed by atoms with Crippen LogP contribution in [0.4, 0.5) is 0 Å². The van der Waals surface area contributed by atoms with Crippen molar-refractivity contribution in [1.29, 1.82) is 0 Å². The highest BCUT2D eigenvalue weighted by Crippen LogP contribution is 2.63. The second-order valence-electron chi connectivity index (χ2n) is 7.04. The summed E-state index contributed by atoms with van der Waals surface area (Å²) >= 11 is 5.94. The fourth-order valence-electron chi connectivity index (χ4n) is 3.31. The van der Waals surface area contributed by atoms with Crippen LogP contribution in [0.25, 0.3) is 0 Å². The summed E-state index contributed by atoms with van der Waals surface area (Å²) in [6.07, 6.45) is 5.36. The van der Waals surface area contributed by atoms with E-state index in [9.17, 15) is 14.5 Å². The van der Waals surface area contributed by atoms with Gasteiger partial charge in [0.15, 0.2) is 5.75 Å². The van der Waals surface area contributed by atoms with Gasteiger partial charge in [0, 0.05) is 16.8 Å². The molecule has 3 unspecified atom stereocenters. The van der Waals surface area contributed by atoms with Crippen molar-refractivity contribution < 1.29 is 23.2 Å². The number of fused-ring (bicyclic) bond motifs is 1. The fourth-order valence-corrected chi connectivity index (χ4v) is 4.90. The molecule has 13 heteroatoms. The molecule has 4 radical (unpaired) electrons. The van der Waals surface area contributed by atoms with Gasteiger partial charge in [-0.25, -0.2) is 4.79 Å². The molecular weight excluding hydrogens is 468 g/mol. The van der Waals surface area contributed by atoms with Crippen molar-refractivity contribution in [3.8, 4) is 18.1 Å². The van der Waals surface area contributed by atoms with E-state index in [2.05, 4.69) is 10.9 Å². The lowest BCUT2D eigenvalue weighted by Gasteiger charge is -2.33. The van der Waals surface area contributed by atoms with Crippen LogP contribution >= 0.6 is 19.8 Å². The lowest BCUT2D eigenvalue weighted by Crippen LogP contribution is -2.47. The minimum Gasteiger partial charge on any atom is -0.353 e. The van der Waals surface area contributed by atoms with Crippen molar-refractivity contribution in [2.45, 2.75) is 51.0 Å². The number of rotatable bonds is 4. The van der Waals surface area contributed by atoms with Gasteiger partial charge >= 0.3 is 13.9 Å². The first-order valence-electron chi connectivity index (χ1n) is 10.1. The van der Waals surface area contributed by atoms with E-state index in [4.69, 9.17) is 52.0 Å². The number of terminal acetylenes is 1. The minimum absolute atomic E-state index is 0.0218. The molecule has 1 fully saturated rings. The number of aromatic amines is 1. The van der Waals surface area contributed by atoms with Gasteiger partial charge in [-0.3, -0.25) is 18.9 Å². The monoisotopic (exact) mass is 489 g/mol. The number of nitrogens with zero attached hydrogens (tertiary/aromatic N) is 1. The van der Waals surface area contributed by atoms with Crippen LogP contribution in [-0.4, -0.2) is 41.6 Å². The first kappa shape index (κ1) is 25.6. The average Bonchev–Trinajstić information content (AvgIpc) is 3.26. The Labute approximate surface area is 198 Å². The molecule has 2 aliphatic rings. The van der Waals surface area contributed by atoms with Gasteiger partial charge in [0.25, 0.3) is 5.56 Å². The van der Waals surface area contributed by atoms with E-state index in [1.165, 1.54) is 6.20 Å². The number of ether oxygens (including phenoxy) is 1. The number of H-pyrrole nitrogens is 1. The molecule has 4 rings (SSSR count). The van der Waals surface area contributed by atoms with Crippen LogP contribution in [0.15, 0.2) is 34.0 Å². The number of hydrogen-bond acceptors (Lipinski definition) is 7. The molecule has 1 aromatic carbocycles. The van der Waals surface area contributed by atoms with Crippen LogP contribution < -0.4 is 15.8 Å². The van der Waals surface area contributed by atoms with E-state index >= 15 is 0 Å². The smallest absolute Gasteiger partial charge is 0.353 e. The summed E-state index contributed by atoms with van der Waals surface area (Å²) in [4.78, 5) is 36.6. The lowest BCUT2D eigenvalue weighted by molar-refractivity contribution is -0.0560. The highest BCUT2D eigenvalue weighted by molar-refractivity contribution is 7.56. The minimum atomic E-state index is -3.92. The zero-order valence-electron chi connectivity index (χ0n) is 18.0. The topological polar surface area (TPSA) is 112 Å². The number of nitrogens with one attached hydrogen (secondary N) is 1. The van der Waals surface area contributed by atoms with E-state index in [0.717, 1.165) is 4.57 Å². The Morgan fingerprint density at radius 3 is 2.79 bits per heavy atom. The SMILES string of the molecule is CC.[B]C([B])(O[P+]1(O)OCc2cc(Cl)ccc2O1)C1CCC(n2cc(C#C)c(=O)[nH]c2=O)O1. The molecule has 0 aliphatic carbocycles. The van der Waals surface area contributed by atoms with Gasteiger partial charge < -0.3 is 4.74 Å². The van der Waals surface area contributed by atoms with Crippen molar-refractivity contribution in [2.75, 3.05) is 0 Å². The zero-order valence-corrected chi connectivity index (χ0v) is 19.6. The Kier molecular flexibility index (Phi) is 7.80. The fraction of sp³-hybridized carbons (Fsp3) is 0.400. The Morgan fingerprint density at radius 2 is 2.09 bits per heavy atom. The Hall–Kier alpha value is -2.05. The molecule has 2 N–H and O–H groups in total. The predicted molar refractivity (Wildman–Crippen MR) is 125 cm³/mol. The Morgan fingerprint density at radius 1 is 1.36 bits per heavy atom. The quantitative estimate of drug-likeness (QED) is 0.385. The summed E-state index contributed by atoms with van der Waals surface area (Å²) in [6, 6.07) is 4.79. The number of hydrogen-bond donors (Lipinski definition) is 2. The van der Waals surface area contributed by atoms with Crippen molar-refractivity contribution in [3.63, 3.8) is 0 Å². The first-order valence-corrected chi connectivity index (χ1v) is 12.0. The van der Waals surface area contributed by atoms with Crippen LogP contribution in [0.3, 0.4) is 0 Å².